The molecule has 0 fully saturated rings. The van der Waals surface area contributed by atoms with Gasteiger partial charge in [0.15, 0.2) is 0 Å². The average Bonchev–Trinajstić information content (AvgIpc) is 2.63. The second kappa shape index (κ2) is 8.11. The Labute approximate surface area is 159 Å². The molecule has 0 unspecified atom stereocenters. The highest BCUT2D eigenvalue weighted by atomic mass is 127. The van der Waals surface area contributed by atoms with Gasteiger partial charge in [-0.2, -0.15) is 0 Å². The van der Waals surface area contributed by atoms with E-state index in [4.69, 9.17) is 4.74 Å². The van der Waals surface area contributed by atoms with E-state index in [0.29, 0.717) is 11.3 Å². The van der Waals surface area contributed by atoms with Gasteiger partial charge in [-0.25, -0.2) is 4.39 Å². The predicted molar refractivity (Wildman–Crippen MR) is 104 cm³/mol. The van der Waals surface area contributed by atoms with Crippen molar-refractivity contribution in [1.29, 1.82) is 0 Å². The molecule has 1 N–H and O–H groups in total. The smallest absolute Gasteiger partial charge is 0.259 e. The molecule has 0 saturated heterocycles. The third kappa shape index (κ3) is 4.57. The summed E-state index contributed by atoms with van der Waals surface area (Å²) < 4.78 is 19.7. The number of hydrogen-bond acceptors (Lipinski definition) is 2. The Morgan fingerprint density at radius 1 is 0.960 bits per heavy atom. The molecule has 1 amide bonds. The molecule has 3 aromatic carbocycles. The summed E-state index contributed by atoms with van der Waals surface area (Å²) in [5.74, 6) is -0.0462. The maximum Gasteiger partial charge on any atom is 0.259 e. The standard InChI is InChI=1S/C20H15FINO2/c21-15-11-9-14(10-12-15)13-25-19-8-4-1-5-16(19)20(24)23-18-7-3-2-6-17(18)22/h1-12H,13H2,(H,23,24). The van der Waals surface area contributed by atoms with Crippen LogP contribution < -0.4 is 10.1 Å². The topological polar surface area (TPSA) is 38.3 Å². The van der Waals surface area contributed by atoms with Gasteiger partial charge in [-0.15, -0.1) is 0 Å². The summed E-state index contributed by atoms with van der Waals surface area (Å²) in [5.41, 5.74) is 2.03. The molecule has 0 spiro atoms. The van der Waals surface area contributed by atoms with Crippen LogP contribution in [0, 0.1) is 9.39 Å². The quantitative estimate of drug-likeness (QED) is 0.542. The minimum absolute atomic E-state index is 0.237. The largest absolute Gasteiger partial charge is 0.488 e. The lowest BCUT2D eigenvalue weighted by atomic mass is 10.1. The van der Waals surface area contributed by atoms with Crippen molar-refractivity contribution in [2.45, 2.75) is 6.61 Å². The monoisotopic (exact) mass is 447 g/mol. The Hall–Kier alpha value is -2.41. The number of carbonyl (C=O) groups excluding carboxylic acids is 1. The normalized spacial score (nSPS) is 10.3. The zero-order valence-electron chi connectivity index (χ0n) is 13.2. The fourth-order valence-corrected chi connectivity index (χ4v) is 2.80. The molecule has 25 heavy (non-hydrogen) atoms. The second-order valence-corrected chi connectivity index (χ2v) is 6.51. The first kappa shape index (κ1) is 17.4. The van der Waals surface area contributed by atoms with Crippen molar-refractivity contribution >= 4 is 34.2 Å². The summed E-state index contributed by atoms with van der Waals surface area (Å²) in [6.45, 7) is 0.257. The van der Waals surface area contributed by atoms with Crippen molar-refractivity contribution in [2.75, 3.05) is 5.32 Å². The molecule has 0 bridgehead atoms. The summed E-state index contributed by atoms with van der Waals surface area (Å²) >= 11 is 2.17. The van der Waals surface area contributed by atoms with Gasteiger partial charge in [0.2, 0.25) is 0 Å². The van der Waals surface area contributed by atoms with Gasteiger partial charge in [0.1, 0.15) is 18.2 Å². The summed E-state index contributed by atoms with van der Waals surface area (Å²) in [6, 6.07) is 20.7. The number of hydrogen-bond donors (Lipinski definition) is 1. The van der Waals surface area contributed by atoms with Crippen LogP contribution in [0.5, 0.6) is 5.75 Å². The molecule has 0 aliphatic rings. The Bertz CT molecular complexity index is 881. The summed E-state index contributed by atoms with van der Waals surface area (Å²) in [7, 11) is 0. The fourth-order valence-electron chi connectivity index (χ4n) is 2.27. The molecule has 0 aliphatic heterocycles. The number of benzene rings is 3. The number of nitrogens with one attached hydrogen (secondary N) is 1. The van der Waals surface area contributed by atoms with E-state index in [1.54, 1.807) is 30.3 Å². The molecule has 0 saturated carbocycles. The van der Waals surface area contributed by atoms with Crippen LogP contribution in [0.3, 0.4) is 0 Å². The van der Waals surface area contributed by atoms with Crippen LogP contribution in [0.15, 0.2) is 72.8 Å². The van der Waals surface area contributed by atoms with Crippen molar-refractivity contribution in [3.8, 4) is 5.75 Å². The van der Waals surface area contributed by atoms with Gasteiger partial charge in [0.05, 0.1) is 11.3 Å². The molecule has 0 aromatic heterocycles. The lowest BCUT2D eigenvalue weighted by Crippen LogP contribution is -2.14. The minimum Gasteiger partial charge on any atom is -0.488 e. The van der Waals surface area contributed by atoms with Crippen LogP contribution >= 0.6 is 22.6 Å². The highest BCUT2D eigenvalue weighted by Crippen LogP contribution is 2.23. The summed E-state index contributed by atoms with van der Waals surface area (Å²) in [5, 5.41) is 2.90. The maximum atomic E-state index is 13.0. The number of para-hydroxylation sites is 2. The van der Waals surface area contributed by atoms with Crippen LogP contribution in [-0.2, 0) is 6.61 Å². The van der Waals surface area contributed by atoms with Gasteiger partial charge in [-0.05, 0) is 64.6 Å². The highest BCUT2D eigenvalue weighted by Gasteiger charge is 2.13. The molecule has 126 valence electrons. The van der Waals surface area contributed by atoms with Crippen molar-refractivity contribution in [2.24, 2.45) is 0 Å². The van der Waals surface area contributed by atoms with Crippen molar-refractivity contribution < 1.29 is 13.9 Å². The zero-order valence-corrected chi connectivity index (χ0v) is 15.4. The van der Waals surface area contributed by atoms with Crippen LogP contribution in [0.4, 0.5) is 10.1 Å². The average molecular weight is 447 g/mol. The molecular formula is C20H15FINO2. The lowest BCUT2D eigenvalue weighted by molar-refractivity contribution is 0.102. The summed E-state index contributed by atoms with van der Waals surface area (Å²) in [6.07, 6.45) is 0. The molecule has 0 heterocycles. The molecule has 0 aliphatic carbocycles. The third-order valence-corrected chi connectivity index (χ3v) is 4.50. The molecule has 3 aromatic rings. The Morgan fingerprint density at radius 3 is 2.40 bits per heavy atom. The first-order valence-corrected chi connectivity index (χ1v) is 8.73. The SMILES string of the molecule is O=C(Nc1ccccc1I)c1ccccc1OCc1ccc(F)cc1. The van der Waals surface area contributed by atoms with Crippen molar-refractivity contribution in [3.63, 3.8) is 0 Å². The van der Waals surface area contributed by atoms with Gasteiger partial charge in [0.25, 0.3) is 5.91 Å². The highest BCUT2D eigenvalue weighted by molar-refractivity contribution is 14.1. The van der Waals surface area contributed by atoms with Crippen LogP contribution in [0.2, 0.25) is 0 Å². The van der Waals surface area contributed by atoms with E-state index >= 15 is 0 Å². The molecule has 3 nitrogen and oxygen atoms in total. The minimum atomic E-state index is -0.291. The Morgan fingerprint density at radius 2 is 1.64 bits per heavy atom. The first-order chi connectivity index (χ1) is 12.1. The van der Waals surface area contributed by atoms with Gasteiger partial charge < -0.3 is 10.1 Å². The van der Waals surface area contributed by atoms with Gasteiger partial charge in [-0.1, -0.05) is 36.4 Å². The van der Waals surface area contributed by atoms with E-state index in [1.807, 2.05) is 30.3 Å². The van der Waals surface area contributed by atoms with E-state index in [0.717, 1.165) is 14.8 Å². The Balaban J connectivity index is 1.75. The zero-order chi connectivity index (χ0) is 17.6. The van der Waals surface area contributed by atoms with Crippen molar-refractivity contribution in [1.82, 2.24) is 0 Å². The number of amides is 1. The van der Waals surface area contributed by atoms with Crippen LogP contribution in [-0.4, -0.2) is 5.91 Å². The molecule has 3 rings (SSSR count). The predicted octanol–water partition coefficient (Wildman–Crippen LogP) is 5.26. The van der Waals surface area contributed by atoms with E-state index < -0.39 is 0 Å². The number of halogens is 2. The van der Waals surface area contributed by atoms with Crippen LogP contribution in [0.1, 0.15) is 15.9 Å². The third-order valence-electron chi connectivity index (χ3n) is 3.56. The van der Waals surface area contributed by atoms with Gasteiger partial charge in [-0.3, -0.25) is 4.79 Å². The van der Waals surface area contributed by atoms with E-state index in [1.165, 1.54) is 12.1 Å². The van der Waals surface area contributed by atoms with Gasteiger partial charge in [0, 0.05) is 3.57 Å². The van der Waals surface area contributed by atoms with E-state index in [2.05, 4.69) is 27.9 Å². The lowest BCUT2D eigenvalue weighted by Gasteiger charge is -2.12. The number of carbonyl (C=O) groups is 1. The summed E-state index contributed by atoms with van der Waals surface area (Å²) in [4.78, 5) is 12.6. The molecule has 5 heteroatoms. The molecular weight excluding hydrogens is 432 g/mol. The Kier molecular flexibility index (Phi) is 5.65. The van der Waals surface area contributed by atoms with E-state index in [-0.39, 0.29) is 18.3 Å². The fraction of sp³-hybridized carbons (Fsp3) is 0.0500. The maximum absolute atomic E-state index is 13.0. The molecule has 0 atom stereocenters. The number of rotatable bonds is 5. The first-order valence-electron chi connectivity index (χ1n) is 7.65. The molecule has 0 radical (unpaired) electrons. The second-order valence-electron chi connectivity index (χ2n) is 5.35. The van der Waals surface area contributed by atoms with Crippen LogP contribution in [0.25, 0.3) is 0 Å². The van der Waals surface area contributed by atoms with E-state index in [9.17, 15) is 9.18 Å². The van der Waals surface area contributed by atoms with Crippen molar-refractivity contribution in [3.05, 3.63) is 93.3 Å². The van der Waals surface area contributed by atoms with Gasteiger partial charge >= 0.3 is 0 Å². The number of ether oxygens (including phenoxy) is 1. The number of anilines is 1.